The third-order valence-corrected chi connectivity index (χ3v) is 4.52. The molecular formula is C15H18N4S. The van der Waals surface area contributed by atoms with Crippen molar-refractivity contribution in [2.75, 3.05) is 0 Å². The largest absolute Gasteiger partial charge is 0.222 e. The maximum Gasteiger partial charge on any atom is 0.166 e. The maximum absolute atomic E-state index is 4.71. The molecule has 20 heavy (non-hydrogen) atoms. The first-order chi connectivity index (χ1) is 9.62. The van der Waals surface area contributed by atoms with Crippen LogP contribution in [0.25, 0.3) is 16.0 Å². The number of nitrogens with zero attached hydrogens (tertiary/aromatic N) is 4. The smallest absolute Gasteiger partial charge is 0.166 e. The molecule has 104 valence electrons. The minimum absolute atomic E-state index is 0.835. The average molecular weight is 286 g/mol. The van der Waals surface area contributed by atoms with E-state index in [0.717, 1.165) is 46.1 Å². The lowest BCUT2D eigenvalue weighted by molar-refractivity contribution is 0.795. The summed E-state index contributed by atoms with van der Waals surface area (Å²) >= 11 is 1.76. The molecule has 0 saturated heterocycles. The number of fused-ring (bicyclic) bond motifs is 1. The van der Waals surface area contributed by atoms with Gasteiger partial charge in [-0.05, 0) is 32.4 Å². The fourth-order valence-electron chi connectivity index (χ4n) is 2.34. The lowest BCUT2D eigenvalue weighted by atomic mass is 10.3. The number of aryl methyl sites for hydroxylation is 4. The predicted molar refractivity (Wildman–Crippen MR) is 82.8 cm³/mol. The van der Waals surface area contributed by atoms with Crippen molar-refractivity contribution >= 4 is 21.6 Å². The molecule has 0 bridgehead atoms. The molecule has 3 aromatic rings. The van der Waals surface area contributed by atoms with Crippen LogP contribution in [0.1, 0.15) is 35.9 Å². The van der Waals surface area contributed by atoms with Crippen molar-refractivity contribution in [1.29, 1.82) is 0 Å². The van der Waals surface area contributed by atoms with Gasteiger partial charge in [0.05, 0.1) is 11.1 Å². The summed E-state index contributed by atoms with van der Waals surface area (Å²) in [6, 6.07) is 4.28. The quantitative estimate of drug-likeness (QED) is 0.738. The van der Waals surface area contributed by atoms with Crippen LogP contribution in [0.15, 0.2) is 12.1 Å². The predicted octanol–water partition coefficient (Wildman–Crippen LogP) is 3.62. The van der Waals surface area contributed by atoms with E-state index in [1.807, 2.05) is 11.6 Å². The Kier molecular flexibility index (Phi) is 3.30. The first kappa shape index (κ1) is 13.2. The molecular weight excluding hydrogens is 268 g/mol. The summed E-state index contributed by atoms with van der Waals surface area (Å²) in [4.78, 5) is 11.8. The number of aromatic nitrogens is 4. The SMILES string of the molecule is CCc1nc(-n2nc(C)cc2C)c2cc(CC)sc2n1. The van der Waals surface area contributed by atoms with Gasteiger partial charge in [-0.25, -0.2) is 14.6 Å². The van der Waals surface area contributed by atoms with Gasteiger partial charge in [0.25, 0.3) is 0 Å². The first-order valence-corrected chi connectivity index (χ1v) is 7.77. The van der Waals surface area contributed by atoms with Crippen molar-refractivity contribution in [2.24, 2.45) is 0 Å². The topological polar surface area (TPSA) is 43.6 Å². The molecule has 0 fully saturated rings. The highest BCUT2D eigenvalue weighted by Crippen LogP contribution is 2.29. The minimum Gasteiger partial charge on any atom is -0.222 e. The van der Waals surface area contributed by atoms with Crippen molar-refractivity contribution in [1.82, 2.24) is 19.7 Å². The van der Waals surface area contributed by atoms with Crippen molar-refractivity contribution in [3.63, 3.8) is 0 Å². The second-order valence-electron chi connectivity index (χ2n) is 4.94. The van der Waals surface area contributed by atoms with Crippen LogP contribution in [0.5, 0.6) is 0 Å². The van der Waals surface area contributed by atoms with Gasteiger partial charge in [-0.1, -0.05) is 13.8 Å². The number of thiophene rings is 1. The fraction of sp³-hybridized carbons (Fsp3) is 0.400. The van der Waals surface area contributed by atoms with E-state index in [4.69, 9.17) is 4.98 Å². The Hall–Kier alpha value is -1.75. The van der Waals surface area contributed by atoms with Gasteiger partial charge in [-0.2, -0.15) is 5.10 Å². The highest BCUT2D eigenvalue weighted by Gasteiger charge is 2.14. The number of hydrogen-bond acceptors (Lipinski definition) is 4. The van der Waals surface area contributed by atoms with Gasteiger partial charge < -0.3 is 0 Å². The zero-order valence-corrected chi connectivity index (χ0v) is 13.1. The molecule has 3 heterocycles. The van der Waals surface area contributed by atoms with E-state index in [2.05, 4.69) is 43.0 Å². The molecule has 0 aliphatic rings. The molecule has 3 aromatic heterocycles. The Balaban J connectivity index is 2.32. The lowest BCUT2D eigenvalue weighted by Gasteiger charge is -2.06. The van der Waals surface area contributed by atoms with Gasteiger partial charge >= 0.3 is 0 Å². The number of hydrogen-bond donors (Lipinski definition) is 0. The van der Waals surface area contributed by atoms with Crippen LogP contribution in [0.3, 0.4) is 0 Å². The first-order valence-electron chi connectivity index (χ1n) is 6.95. The van der Waals surface area contributed by atoms with Crippen LogP contribution in [0.4, 0.5) is 0 Å². The molecule has 0 aromatic carbocycles. The van der Waals surface area contributed by atoms with Crippen molar-refractivity contribution < 1.29 is 0 Å². The van der Waals surface area contributed by atoms with Crippen LogP contribution >= 0.6 is 11.3 Å². The molecule has 3 rings (SSSR count). The highest BCUT2D eigenvalue weighted by atomic mass is 32.1. The highest BCUT2D eigenvalue weighted by molar-refractivity contribution is 7.18. The lowest BCUT2D eigenvalue weighted by Crippen LogP contribution is -2.05. The van der Waals surface area contributed by atoms with Crippen LogP contribution in [0.2, 0.25) is 0 Å². The van der Waals surface area contributed by atoms with Gasteiger partial charge in [0, 0.05) is 17.0 Å². The molecule has 0 aliphatic carbocycles. The van der Waals surface area contributed by atoms with Crippen molar-refractivity contribution in [2.45, 2.75) is 40.5 Å². The summed E-state index contributed by atoms with van der Waals surface area (Å²) in [6.45, 7) is 8.32. The van der Waals surface area contributed by atoms with Crippen LogP contribution in [-0.4, -0.2) is 19.7 Å². The van der Waals surface area contributed by atoms with E-state index in [9.17, 15) is 0 Å². The maximum atomic E-state index is 4.71. The summed E-state index contributed by atoms with van der Waals surface area (Å²) in [6.07, 6.45) is 1.86. The Morgan fingerprint density at radius 3 is 2.50 bits per heavy atom. The van der Waals surface area contributed by atoms with E-state index >= 15 is 0 Å². The second kappa shape index (κ2) is 4.98. The molecule has 0 atom stereocenters. The number of rotatable bonds is 3. The molecule has 0 saturated carbocycles. The van der Waals surface area contributed by atoms with E-state index < -0.39 is 0 Å². The van der Waals surface area contributed by atoms with E-state index in [0.29, 0.717) is 0 Å². The molecule has 0 aliphatic heterocycles. The molecule has 5 heteroatoms. The Morgan fingerprint density at radius 2 is 1.90 bits per heavy atom. The second-order valence-corrected chi connectivity index (χ2v) is 6.06. The average Bonchev–Trinajstić information content (AvgIpc) is 3.00. The van der Waals surface area contributed by atoms with Crippen LogP contribution < -0.4 is 0 Å². The molecule has 4 nitrogen and oxygen atoms in total. The summed E-state index contributed by atoms with van der Waals surface area (Å²) in [5.74, 6) is 1.79. The van der Waals surface area contributed by atoms with Gasteiger partial charge in [-0.15, -0.1) is 11.3 Å². The third-order valence-electron chi connectivity index (χ3n) is 3.34. The van der Waals surface area contributed by atoms with E-state index in [1.54, 1.807) is 11.3 Å². The Bertz CT molecular complexity index is 770. The van der Waals surface area contributed by atoms with E-state index in [-0.39, 0.29) is 0 Å². The fourth-order valence-corrected chi connectivity index (χ4v) is 3.32. The standard InChI is InChI=1S/C15H18N4S/c1-5-11-8-12-14(19-10(4)7-9(3)18-19)16-13(6-2)17-15(12)20-11/h7-8H,5-6H2,1-4H3. The van der Waals surface area contributed by atoms with Crippen molar-refractivity contribution in [3.05, 3.63) is 34.2 Å². The molecule has 0 unspecified atom stereocenters. The third kappa shape index (κ3) is 2.12. The van der Waals surface area contributed by atoms with Crippen LogP contribution in [0, 0.1) is 13.8 Å². The normalized spacial score (nSPS) is 11.4. The Labute approximate surface area is 122 Å². The summed E-state index contributed by atoms with van der Waals surface area (Å²) in [5.41, 5.74) is 2.12. The summed E-state index contributed by atoms with van der Waals surface area (Å²) in [5, 5.41) is 5.68. The Morgan fingerprint density at radius 1 is 1.10 bits per heavy atom. The van der Waals surface area contributed by atoms with Gasteiger partial charge in [0.2, 0.25) is 0 Å². The summed E-state index contributed by atoms with van der Waals surface area (Å²) < 4.78 is 1.94. The summed E-state index contributed by atoms with van der Waals surface area (Å²) in [7, 11) is 0. The monoisotopic (exact) mass is 286 g/mol. The van der Waals surface area contributed by atoms with Crippen LogP contribution in [-0.2, 0) is 12.8 Å². The molecule has 0 spiro atoms. The minimum atomic E-state index is 0.835. The van der Waals surface area contributed by atoms with Gasteiger partial charge in [-0.3, -0.25) is 0 Å². The van der Waals surface area contributed by atoms with E-state index in [1.165, 1.54) is 4.88 Å². The molecule has 0 radical (unpaired) electrons. The molecule has 0 N–H and O–H groups in total. The molecule has 0 amide bonds. The zero-order valence-electron chi connectivity index (χ0n) is 12.3. The zero-order chi connectivity index (χ0) is 14.3. The van der Waals surface area contributed by atoms with Gasteiger partial charge in [0.15, 0.2) is 5.82 Å². The van der Waals surface area contributed by atoms with Crippen molar-refractivity contribution in [3.8, 4) is 5.82 Å². The van der Waals surface area contributed by atoms with Gasteiger partial charge in [0.1, 0.15) is 10.7 Å².